The molecule has 31 heavy (non-hydrogen) atoms. The molecule has 0 amide bonds. The van der Waals surface area contributed by atoms with Crippen LogP contribution in [0.15, 0.2) is 64.0 Å². The molecule has 8 nitrogen and oxygen atoms in total. The average molecular weight is 417 g/mol. The number of nitrogens with zero attached hydrogens (tertiary/aromatic N) is 3. The molecule has 4 rings (SSSR count). The Labute approximate surface area is 177 Å². The first-order valence-corrected chi connectivity index (χ1v) is 9.60. The van der Waals surface area contributed by atoms with E-state index >= 15 is 0 Å². The third kappa shape index (κ3) is 4.23. The monoisotopic (exact) mass is 417 g/mol. The molecule has 156 valence electrons. The van der Waals surface area contributed by atoms with E-state index in [4.69, 9.17) is 9.15 Å². The van der Waals surface area contributed by atoms with Gasteiger partial charge in [0, 0.05) is 23.4 Å². The lowest BCUT2D eigenvalue weighted by molar-refractivity contribution is -0.385. The Bertz CT molecular complexity index is 1310. The van der Waals surface area contributed by atoms with Gasteiger partial charge < -0.3 is 14.3 Å². The topological polar surface area (TPSA) is 111 Å². The highest BCUT2D eigenvalue weighted by Gasteiger charge is 2.16. The Balaban J connectivity index is 1.68. The van der Waals surface area contributed by atoms with E-state index in [1.807, 2.05) is 31.2 Å². The Morgan fingerprint density at radius 2 is 2.06 bits per heavy atom. The van der Waals surface area contributed by atoms with Gasteiger partial charge in [0.05, 0.1) is 23.3 Å². The van der Waals surface area contributed by atoms with Crippen LogP contribution in [0, 0.1) is 17.0 Å². The molecule has 4 aromatic rings. The van der Waals surface area contributed by atoms with E-state index in [0.29, 0.717) is 17.2 Å². The summed E-state index contributed by atoms with van der Waals surface area (Å²) in [6.45, 7) is 3.97. The van der Waals surface area contributed by atoms with Gasteiger partial charge in [0.2, 0.25) is 5.89 Å². The van der Waals surface area contributed by atoms with Gasteiger partial charge in [0.25, 0.3) is 5.69 Å². The minimum absolute atomic E-state index is 0.0358. The van der Waals surface area contributed by atoms with Gasteiger partial charge in [-0.2, -0.15) is 0 Å². The van der Waals surface area contributed by atoms with Gasteiger partial charge >= 0.3 is 0 Å². The minimum atomic E-state index is -0.547. The van der Waals surface area contributed by atoms with Crippen LogP contribution >= 0.6 is 0 Å². The summed E-state index contributed by atoms with van der Waals surface area (Å²) in [5.41, 5.74) is 3.84. The number of phenolic OH excluding ortho intramolecular Hbond substituents is 1. The Hall–Kier alpha value is -4.20. The highest BCUT2D eigenvalue weighted by Crippen LogP contribution is 2.34. The van der Waals surface area contributed by atoms with Crippen molar-refractivity contribution in [2.45, 2.75) is 13.8 Å². The van der Waals surface area contributed by atoms with Crippen LogP contribution in [0.25, 0.3) is 22.6 Å². The fraction of sp³-hybridized carbons (Fsp3) is 0.130. The number of rotatable bonds is 6. The van der Waals surface area contributed by atoms with Crippen molar-refractivity contribution in [3.8, 4) is 23.0 Å². The van der Waals surface area contributed by atoms with Crippen LogP contribution in [0.1, 0.15) is 18.1 Å². The molecule has 0 spiro atoms. The molecule has 0 aliphatic rings. The number of phenols is 1. The predicted molar refractivity (Wildman–Crippen MR) is 117 cm³/mol. The van der Waals surface area contributed by atoms with Crippen LogP contribution in [0.3, 0.4) is 0 Å². The standard InChI is InChI=1S/C23H19N3O5/c1-3-30-21-12-18(26(28)29)11-16(22(21)27)13-24-17-6-4-5-15(10-17)23-25-19-8-7-14(2)9-20(19)31-23/h4-13,27H,3H2,1-2H3. The first kappa shape index (κ1) is 20.1. The number of aromatic hydroxyl groups is 1. The molecule has 0 saturated heterocycles. The lowest BCUT2D eigenvalue weighted by atomic mass is 10.1. The van der Waals surface area contributed by atoms with E-state index in [2.05, 4.69) is 9.98 Å². The quantitative estimate of drug-likeness (QED) is 0.249. The van der Waals surface area contributed by atoms with E-state index in [9.17, 15) is 15.2 Å². The van der Waals surface area contributed by atoms with Crippen molar-refractivity contribution in [2.75, 3.05) is 6.61 Å². The van der Waals surface area contributed by atoms with Crippen LogP contribution in [0.4, 0.5) is 11.4 Å². The first-order chi connectivity index (χ1) is 14.9. The maximum atomic E-state index is 11.2. The summed E-state index contributed by atoms with van der Waals surface area (Å²) < 4.78 is 11.2. The normalized spacial score (nSPS) is 11.3. The summed E-state index contributed by atoms with van der Waals surface area (Å²) in [7, 11) is 0. The van der Waals surface area contributed by atoms with E-state index in [1.165, 1.54) is 18.3 Å². The molecular formula is C23H19N3O5. The van der Waals surface area contributed by atoms with Gasteiger partial charge in [0.1, 0.15) is 5.52 Å². The van der Waals surface area contributed by atoms with Gasteiger partial charge in [-0.1, -0.05) is 12.1 Å². The van der Waals surface area contributed by atoms with E-state index in [-0.39, 0.29) is 29.4 Å². The summed E-state index contributed by atoms with van der Waals surface area (Å²) in [6, 6.07) is 15.4. The highest BCUT2D eigenvalue weighted by atomic mass is 16.6. The largest absolute Gasteiger partial charge is 0.504 e. The summed E-state index contributed by atoms with van der Waals surface area (Å²) in [4.78, 5) is 19.5. The number of non-ortho nitro benzene ring substituents is 1. The van der Waals surface area contributed by atoms with Crippen molar-refractivity contribution >= 4 is 28.7 Å². The number of ether oxygens (including phenoxy) is 1. The Morgan fingerprint density at radius 3 is 2.84 bits per heavy atom. The van der Waals surface area contributed by atoms with Crippen molar-refractivity contribution < 1.29 is 19.2 Å². The van der Waals surface area contributed by atoms with Gasteiger partial charge in [-0.05, 0) is 49.7 Å². The van der Waals surface area contributed by atoms with Crippen LogP contribution in [-0.2, 0) is 0 Å². The number of benzene rings is 3. The minimum Gasteiger partial charge on any atom is -0.504 e. The number of aryl methyl sites for hydroxylation is 1. The van der Waals surface area contributed by atoms with Crippen LogP contribution in [0.5, 0.6) is 11.5 Å². The van der Waals surface area contributed by atoms with Crippen molar-refractivity contribution in [2.24, 2.45) is 4.99 Å². The molecule has 1 aromatic heterocycles. The second kappa shape index (κ2) is 8.27. The fourth-order valence-electron chi connectivity index (χ4n) is 3.10. The molecule has 0 fully saturated rings. The number of nitro benzene ring substituents is 1. The maximum Gasteiger partial charge on any atom is 0.274 e. The molecule has 0 aliphatic heterocycles. The molecule has 0 saturated carbocycles. The maximum absolute atomic E-state index is 11.2. The first-order valence-electron chi connectivity index (χ1n) is 9.60. The summed E-state index contributed by atoms with van der Waals surface area (Å²) in [5.74, 6) is 0.296. The number of oxazole rings is 1. The van der Waals surface area contributed by atoms with Crippen LogP contribution in [0.2, 0.25) is 0 Å². The summed E-state index contributed by atoms with van der Waals surface area (Å²) >= 11 is 0. The third-order valence-electron chi connectivity index (χ3n) is 4.59. The van der Waals surface area contributed by atoms with Gasteiger partial charge in [-0.3, -0.25) is 15.1 Å². The predicted octanol–water partition coefficient (Wildman–Crippen LogP) is 5.57. The smallest absolute Gasteiger partial charge is 0.274 e. The average Bonchev–Trinajstić information content (AvgIpc) is 3.17. The molecule has 1 heterocycles. The van der Waals surface area contributed by atoms with Crippen molar-refractivity contribution in [1.29, 1.82) is 0 Å². The lowest BCUT2D eigenvalue weighted by Gasteiger charge is -2.08. The van der Waals surface area contributed by atoms with Gasteiger partial charge in [-0.25, -0.2) is 4.98 Å². The zero-order chi connectivity index (χ0) is 22.0. The SMILES string of the molecule is CCOc1cc([N+](=O)[O-])cc(C=Nc2cccc(-c3nc4ccc(C)cc4o3)c2)c1O. The third-order valence-corrected chi connectivity index (χ3v) is 4.59. The molecule has 8 heteroatoms. The second-order valence-electron chi connectivity index (χ2n) is 6.87. The van der Waals surface area contributed by atoms with Crippen LogP contribution in [-0.4, -0.2) is 27.8 Å². The summed E-state index contributed by atoms with van der Waals surface area (Å²) in [5, 5.41) is 21.6. The molecule has 1 N–H and O–H groups in total. The summed E-state index contributed by atoms with van der Waals surface area (Å²) in [6.07, 6.45) is 1.36. The number of nitro groups is 1. The van der Waals surface area contributed by atoms with Gasteiger partial charge in [0.15, 0.2) is 17.1 Å². The number of fused-ring (bicyclic) bond motifs is 1. The number of aromatic nitrogens is 1. The van der Waals surface area contributed by atoms with E-state index < -0.39 is 4.92 Å². The van der Waals surface area contributed by atoms with Crippen molar-refractivity contribution in [1.82, 2.24) is 4.98 Å². The van der Waals surface area contributed by atoms with Crippen molar-refractivity contribution in [3.05, 3.63) is 75.8 Å². The van der Waals surface area contributed by atoms with Crippen LogP contribution < -0.4 is 4.74 Å². The zero-order valence-corrected chi connectivity index (χ0v) is 16.9. The fourth-order valence-corrected chi connectivity index (χ4v) is 3.10. The number of aliphatic imine (C=N–C) groups is 1. The molecule has 0 bridgehead atoms. The molecule has 0 atom stereocenters. The van der Waals surface area contributed by atoms with Gasteiger partial charge in [-0.15, -0.1) is 0 Å². The second-order valence-corrected chi connectivity index (χ2v) is 6.87. The van der Waals surface area contributed by atoms with Crippen molar-refractivity contribution in [3.63, 3.8) is 0 Å². The molecular weight excluding hydrogens is 398 g/mol. The Kier molecular flexibility index (Phi) is 5.36. The lowest BCUT2D eigenvalue weighted by Crippen LogP contribution is -1.97. The number of hydrogen-bond donors (Lipinski definition) is 1. The molecule has 0 unspecified atom stereocenters. The molecule has 0 aliphatic carbocycles. The Morgan fingerprint density at radius 1 is 1.23 bits per heavy atom. The van der Waals surface area contributed by atoms with E-state index in [0.717, 1.165) is 16.6 Å². The zero-order valence-electron chi connectivity index (χ0n) is 16.9. The molecule has 0 radical (unpaired) electrons. The van der Waals surface area contributed by atoms with E-state index in [1.54, 1.807) is 25.1 Å². The molecule has 3 aromatic carbocycles. The highest BCUT2D eigenvalue weighted by molar-refractivity contribution is 5.88. The number of hydrogen-bond acceptors (Lipinski definition) is 7.